The van der Waals surface area contributed by atoms with Gasteiger partial charge in [-0.25, -0.2) is 10.8 Å². The molecule has 2 rings (SSSR count). The van der Waals surface area contributed by atoms with Crippen LogP contribution in [-0.4, -0.2) is 56.1 Å². The van der Waals surface area contributed by atoms with E-state index in [1.807, 2.05) is 14.1 Å². The average Bonchev–Trinajstić information content (AvgIpc) is 2.91. The molecule has 1 atom stereocenters. The first-order chi connectivity index (χ1) is 9.58. The lowest BCUT2D eigenvalue weighted by Gasteiger charge is -2.18. The molecule has 2 heterocycles. The third-order valence-electron chi connectivity index (χ3n) is 2.50. The van der Waals surface area contributed by atoms with Gasteiger partial charge in [0, 0.05) is 25.0 Å². The maximum Gasteiger partial charge on any atom is 0.243 e. The maximum absolute atomic E-state index is 5.39. The van der Waals surface area contributed by atoms with Crippen molar-refractivity contribution in [2.75, 3.05) is 31.4 Å². The highest BCUT2D eigenvalue weighted by molar-refractivity contribution is 5.37. The van der Waals surface area contributed by atoms with Gasteiger partial charge < -0.3 is 10.2 Å². The normalized spacial score (nSPS) is 12.4. The number of anilines is 2. The summed E-state index contributed by atoms with van der Waals surface area (Å²) in [6.45, 7) is 2.91. The molecule has 1 unspecified atom stereocenters. The van der Waals surface area contributed by atoms with E-state index in [9.17, 15) is 0 Å². The first-order valence-corrected chi connectivity index (χ1v) is 6.20. The first kappa shape index (κ1) is 14.2. The van der Waals surface area contributed by atoms with Gasteiger partial charge in [-0.2, -0.15) is 15.0 Å². The number of hydrazine groups is 1. The Kier molecular flexibility index (Phi) is 4.43. The predicted octanol–water partition coefficient (Wildman–Crippen LogP) is -0.295. The molecule has 4 N–H and O–H groups in total. The number of likely N-dealkylation sites (N-methyl/N-ethyl adjacent to an activating group) is 1. The van der Waals surface area contributed by atoms with Crippen LogP contribution in [0.2, 0.25) is 0 Å². The molecule has 0 fully saturated rings. The number of nitrogens with zero attached hydrogens (tertiary/aromatic N) is 6. The van der Waals surface area contributed by atoms with Crippen molar-refractivity contribution in [2.24, 2.45) is 5.84 Å². The Morgan fingerprint density at radius 1 is 1.30 bits per heavy atom. The summed E-state index contributed by atoms with van der Waals surface area (Å²) in [7, 11) is 4.02. The molecule has 0 amide bonds. The smallest absolute Gasteiger partial charge is 0.243 e. The van der Waals surface area contributed by atoms with Crippen LogP contribution in [0.25, 0.3) is 5.95 Å². The molecular formula is C11H19N9. The van der Waals surface area contributed by atoms with Crippen LogP contribution in [0.3, 0.4) is 0 Å². The van der Waals surface area contributed by atoms with Crippen molar-refractivity contribution in [1.29, 1.82) is 0 Å². The Bertz CT molecular complexity index is 537. The van der Waals surface area contributed by atoms with Crippen LogP contribution in [0.1, 0.15) is 6.92 Å². The van der Waals surface area contributed by atoms with Crippen LogP contribution in [0.15, 0.2) is 18.7 Å². The minimum atomic E-state index is 0.189. The lowest BCUT2D eigenvalue weighted by atomic mass is 10.3. The third kappa shape index (κ3) is 3.62. The van der Waals surface area contributed by atoms with E-state index >= 15 is 0 Å². The van der Waals surface area contributed by atoms with Gasteiger partial charge in [0.25, 0.3) is 0 Å². The lowest BCUT2D eigenvalue weighted by Crippen LogP contribution is -2.30. The van der Waals surface area contributed by atoms with Crippen LogP contribution in [-0.2, 0) is 0 Å². The Balaban J connectivity index is 2.22. The number of nitrogens with two attached hydrogens (primary N) is 1. The van der Waals surface area contributed by atoms with Crippen molar-refractivity contribution < 1.29 is 0 Å². The van der Waals surface area contributed by atoms with Crippen molar-refractivity contribution in [3.8, 4) is 5.95 Å². The molecule has 20 heavy (non-hydrogen) atoms. The van der Waals surface area contributed by atoms with Crippen LogP contribution >= 0.6 is 0 Å². The molecule has 2 aromatic heterocycles. The molecule has 9 heteroatoms. The van der Waals surface area contributed by atoms with E-state index in [0.29, 0.717) is 17.8 Å². The van der Waals surface area contributed by atoms with Gasteiger partial charge in [-0.1, -0.05) is 0 Å². The molecule has 0 spiro atoms. The van der Waals surface area contributed by atoms with Crippen molar-refractivity contribution in [3.63, 3.8) is 0 Å². The van der Waals surface area contributed by atoms with Crippen molar-refractivity contribution in [1.82, 2.24) is 29.4 Å². The summed E-state index contributed by atoms with van der Waals surface area (Å²) in [5.41, 5.74) is 2.44. The zero-order chi connectivity index (χ0) is 14.5. The highest BCUT2D eigenvalue weighted by Gasteiger charge is 2.10. The second-order valence-electron chi connectivity index (χ2n) is 4.70. The minimum absolute atomic E-state index is 0.189. The van der Waals surface area contributed by atoms with E-state index in [-0.39, 0.29) is 6.04 Å². The topological polar surface area (TPSA) is 110 Å². The largest absolute Gasteiger partial charge is 0.350 e. The van der Waals surface area contributed by atoms with Crippen LogP contribution in [0.5, 0.6) is 0 Å². The van der Waals surface area contributed by atoms with E-state index in [2.05, 4.69) is 42.5 Å². The van der Waals surface area contributed by atoms with E-state index in [4.69, 9.17) is 5.84 Å². The summed E-state index contributed by atoms with van der Waals surface area (Å²) in [4.78, 5) is 18.8. The van der Waals surface area contributed by atoms with Crippen molar-refractivity contribution >= 4 is 11.9 Å². The molecule has 0 aliphatic heterocycles. The van der Waals surface area contributed by atoms with E-state index < -0.39 is 0 Å². The van der Waals surface area contributed by atoms with Gasteiger partial charge in [-0.3, -0.25) is 9.99 Å². The van der Waals surface area contributed by atoms with Crippen molar-refractivity contribution in [3.05, 3.63) is 18.7 Å². The average molecular weight is 277 g/mol. The molecule has 0 saturated heterocycles. The molecule has 0 aromatic carbocycles. The number of imidazole rings is 1. The molecule has 9 nitrogen and oxygen atoms in total. The fourth-order valence-corrected chi connectivity index (χ4v) is 1.80. The number of hydrogen-bond acceptors (Lipinski definition) is 8. The zero-order valence-electron chi connectivity index (χ0n) is 11.8. The number of rotatable bonds is 6. The van der Waals surface area contributed by atoms with E-state index in [1.165, 1.54) is 0 Å². The third-order valence-corrected chi connectivity index (χ3v) is 2.50. The summed E-state index contributed by atoms with van der Waals surface area (Å²) < 4.78 is 1.68. The Hall–Kier alpha value is -2.26. The monoisotopic (exact) mass is 277 g/mol. The quantitative estimate of drug-likeness (QED) is 0.488. The molecule has 108 valence electrons. The van der Waals surface area contributed by atoms with Crippen LogP contribution in [0.4, 0.5) is 11.9 Å². The second-order valence-corrected chi connectivity index (χ2v) is 4.70. The number of nitrogens with one attached hydrogen (secondary N) is 2. The summed E-state index contributed by atoms with van der Waals surface area (Å²) in [6, 6.07) is 0.189. The molecule has 0 bridgehead atoms. The molecule has 2 aromatic rings. The second kappa shape index (κ2) is 6.26. The number of nitrogen functional groups attached to an aromatic ring is 1. The van der Waals surface area contributed by atoms with Gasteiger partial charge in [-0.05, 0) is 21.0 Å². The first-order valence-electron chi connectivity index (χ1n) is 6.20. The summed E-state index contributed by atoms with van der Waals surface area (Å²) in [5.74, 6) is 6.60. The molecule has 0 aliphatic carbocycles. The Morgan fingerprint density at radius 3 is 2.65 bits per heavy atom. The maximum atomic E-state index is 5.39. The standard InChI is InChI=1S/C11H19N9/c1-8(6-19(2)3)14-9-15-10(18-12)17-11(16-9)20-5-4-13-7-20/h4-5,7-8H,6,12H2,1-3H3,(H2,14,15,16,17,18). The highest BCUT2D eigenvalue weighted by atomic mass is 15.4. The van der Waals surface area contributed by atoms with E-state index in [1.54, 1.807) is 23.3 Å². The minimum Gasteiger partial charge on any atom is -0.350 e. The predicted molar refractivity (Wildman–Crippen MR) is 76.4 cm³/mol. The Morgan fingerprint density at radius 2 is 2.05 bits per heavy atom. The fourth-order valence-electron chi connectivity index (χ4n) is 1.80. The Labute approximate surface area is 117 Å². The molecule has 0 aliphatic rings. The summed E-state index contributed by atoms with van der Waals surface area (Å²) in [6.07, 6.45) is 5.02. The molecule has 0 radical (unpaired) electrons. The van der Waals surface area contributed by atoms with E-state index in [0.717, 1.165) is 6.54 Å². The summed E-state index contributed by atoms with van der Waals surface area (Å²) >= 11 is 0. The van der Waals surface area contributed by atoms with Gasteiger partial charge in [0.1, 0.15) is 6.33 Å². The van der Waals surface area contributed by atoms with Crippen molar-refractivity contribution in [2.45, 2.75) is 13.0 Å². The van der Waals surface area contributed by atoms with Gasteiger partial charge in [0.2, 0.25) is 17.8 Å². The lowest BCUT2D eigenvalue weighted by molar-refractivity contribution is 0.391. The molecular weight excluding hydrogens is 258 g/mol. The van der Waals surface area contributed by atoms with Crippen LogP contribution < -0.4 is 16.6 Å². The van der Waals surface area contributed by atoms with Gasteiger partial charge in [0.05, 0.1) is 0 Å². The number of aromatic nitrogens is 5. The van der Waals surface area contributed by atoms with Gasteiger partial charge >= 0.3 is 0 Å². The van der Waals surface area contributed by atoms with Crippen LogP contribution in [0, 0.1) is 0 Å². The summed E-state index contributed by atoms with van der Waals surface area (Å²) in [5, 5.41) is 3.22. The van der Waals surface area contributed by atoms with Gasteiger partial charge in [-0.15, -0.1) is 0 Å². The van der Waals surface area contributed by atoms with Gasteiger partial charge in [0.15, 0.2) is 0 Å². The SMILES string of the molecule is CC(CN(C)C)Nc1nc(NN)nc(-n2ccnc2)n1. The zero-order valence-corrected chi connectivity index (χ0v) is 11.8. The molecule has 0 saturated carbocycles. The number of hydrogen-bond donors (Lipinski definition) is 3. The fraction of sp³-hybridized carbons (Fsp3) is 0.455. The highest BCUT2D eigenvalue weighted by Crippen LogP contribution is 2.09.